The van der Waals surface area contributed by atoms with Gasteiger partial charge in [-0.2, -0.15) is 5.26 Å². The normalized spacial score (nSPS) is 19.2. The van der Waals surface area contributed by atoms with Crippen LogP contribution in [0.15, 0.2) is 30.7 Å². The van der Waals surface area contributed by atoms with Gasteiger partial charge in [0.1, 0.15) is 5.54 Å². The Morgan fingerprint density at radius 3 is 3.09 bits per heavy atom. The van der Waals surface area contributed by atoms with Gasteiger partial charge in [0.2, 0.25) is 0 Å². The van der Waals surface area contributed by atoms with E-state index in [0.29, 0.717) is 18.5 Å². The van der Waals surface area contributed by atoms with Gasteiger partial charge in [0.25, 0.3) is 5.91 Å². The van der Waals surface area contributed by atoms with E-state index >= 15 is 0 Å². The molecule has 1 N–H and O–H groups in total. The summed E-state index contributed by atoms with van der Waals surface area (Å²) in [6.07, 6.45) is 5.10. The predicted molar refractivity (Wildman–Crippen MR) is 95.2 cm³/mol. The second kappa shape index (κ2) is 6.32. The number of aryl methyl sites for hydroxylation is 1. The summed E-state index contributed by atoms with van der Waals surface area (Å²) >= 11 is 2.28. The van der Waals surface area contributed by atoms with Gasteiger partial charge in [-0.25, -0.2) is 4.98 Å². The van der Waals surface area contributed by atoms with Crippen LogP contribution >= 0.6 is 22.6 Å². The average molecular weight is 420 g/mol. The van der Waals surface area contributed by atoms with E-state index in [0.717, 1.165) is 27.7 Å². The zero-order valence-corrected chi connectivity index (χ0v) is 15.0. The lowest BCUT2D eigenvalue weighted by molar-refractivity contribution is -0.127. The minimum Gasteiger partial charge on any atom is -0.354 e. The molecule has 3 rings (SSSR count). The molecule has 118 valence electrons. The number of nitriles is 1. The van der Waals surface area contributed by atoms with Crippen molar-refractivity contribution in [1.82, 2.24) is 14.9 Å². The minimum absolute atomic E-state index is 0.00689. The lowest BCUT2D eigenvalue weighted by Crippen LogP contribution is -2.48. The van der Waals surface area contributed by atoms with Crippen molar-refractivity contribution < 1.29 is 4.79 Å². The zero-order chi connectivity index (χ0) is 16.4. The molecule has 1 aromatic heterocycles. The molecule has 0 radical (unpaired) electrons. The molecule has 5 nitrogen and oxygen atoms in total. The van der Waals surface area contributed by atoms with Gasteiger partial charge in [-0.05, 0) is 43.0 Å². The Kier molecular flexibility index (Phi) is 4.39. The second-order valence-electron chi connectivity index (χ2n) is 5.59. The summed E-state index contributed by atoms with van der Waals surface area (Å²) < 4.78 is 2.74. The van der Waals surface area contributed by atoms with Crippen molar-refractivity contribution in [1.29, 1.82) is 5.26 Å². The van der Waals surface area contributed by atoms with Crippen molar-refractivity contribution in [3.8, 4) is 6.07 Å². The van der Waals surface area contributed by atoms with Crippen molar-refractivity contribution in [3.63, 3.8) is 0 Å². The Morgan fingerprint density at radius 1 is 1.57 bits per heavy atom. The molecule has 2 aromatic rings. The smallest absolute Gasteiger partial charge is 0.250 e. The summed E-state index contributed by atoms with van der Waals surface area (Å²) in [5, 5.41) is 12.1. The number of halogens is 1. The predicted octanol–water partition coefficient (Wildman–Crippen LogP) is 2.52. The number of likely N-dealkylation sites (N-methyl/N-ethyl adjacent to an activating group) is 1. The first kappa shape index (κ1) is 16.0. The molecular weight excluding hydrogens is 403 g/mol. The van der Waals surface area contributed by atoms with Gasteiger partial charge in [0, 0.05) is 22.9 Å². The van der Waals surface area contributed by atoms with Crippen LogP contribution in [0, 0.1) is 11.3 Å². The van der Waals surface area contributed by atoms with Crippen LogP contribution in [0.25, 0.3) is 0 Å². The lowest BCUT2D eigenvalue weighted by atomic mass is 9.83. The number of hydrogen-bond acceptors (Lipinski definition) is 3. The third-order valence-electron chi connectivity index (χ3n) is 4.41. The topological polar surface area (TPSA) is 70.7 Å². The number of fused-ring (bicyclic) bond motifs is 1. The molecule has 2 heterocycles. The highest BCUT2D eigenvalue weighted by Crippen LogP contribution is 2.40. The Hall–Kier alpha value is -1.88. The third-order valence-corrected chi connectivity index (χ3v) is 5.23. The Morgan fingerprint density at radius 2 is 2.39 bits per heavy atom. The van der Waals surface area contributed by atoms with Crippen molar-refractivity contribution in [2.45, 2.75) is 29.7 Å². The summed E-state index contributed by atoms with van der Waals surface area (Å²) in [6.45, 7) is 2.51. The summed E-state index contributed by atoms with van der Waals surface area (Å²) in [4.78, 5) is 17.2. The molecule has 0 fully saturated rings. The van der Waals surface area contributed by atoms with Crippen molar-refractivity contribution >= 4 is 28.5 Å². The van der Waals surface area contributed by atoms with Gasteiger partial charge in [-0.3, -0.25) is 4.79 Å². The van der Waals surface area contributed by atoms with Gasteiger partial charge >= 0.3 is 0 Å². The number of carbonyl (C=O) groups is 1. The van der Waals surface area contributed by atoms with E-state index in [2.05, 4.69) is 39.0 Å². The molecule has 1 amide bonds. The Bertz CT molecular complexity index is 792. The Balaban J connectivity index is 2.23. The van der Waals surface area contributed by atoms with Crippen LogP contribution in [0.4, 0.5) is 0 Å². The quantitative estimate of drug-likeness (QED) is 0.611. The third kappa shape index (κ3) is 2.43. The molecule has 1 unspecified atom stereocenters. The molecule has 0 spiro atoms. The number of carbonyl (C=O) groups excluding carboxylic acids is 1. The number of rotatable bonds is 4. The maximum absolute atomic E-state index is 13.0. The number of hydrogen-bond donors (Lipinski definition) is 1. The fourth-order valence-corrected chi connectivity index (χ4v) is 4.01. The van der Waals surface area contributed by atoms with Crippen LogP contribution in [-0.2, 0) is 21.2 Å². The summed E-state index contributed by atoms with van der Waals surface area (Å²) in [5.41, 5.74) is 2.91. The molecular formula is C17H17IN4O. The van der Waals surface area contributed by atoms with Crippen molar-refractivity contribution in [2.75, 3.05) is 6.54 Å². The second-order valence-corrected chi connectivity index (χ2v) is 6.35. The number of nitrogens with zero attached hydrogens (tertiary/aromatic N) is 3. The van der Waals surface area contributed by atoms with Crippen LogP contribution in [0.2, 0.25) is 0 Å². The van der Waals surface area contributed by atoms with Crippen LogP contribution in [0.1, 0.15) is 35.7 Å². The number of nitrogens with one attached hydrogen (secondary N) is 1. The summed E-state index contributed by atoms with van der Waals surface area (Å²) in [5.74, 6) is -0.00689. The molecule has 0 bridgehead atoms. The van der Waals surface area contributed by atoms with Gasteiger partial charge in [-0.15, -0.1) is 0 Å². The number of imidazole rings is 1. The first-order valence-corrected chi connectivity index (χ1v) is 9.09. The summed E-state index contributed by atoms with van der Waals surface area (Å²) in [7, 11) is 0. The SMILES string of the molecule is CCNC(=O)C1(c2ccc(C#N)cc2CI)CCc2cncn21. The van der Waals surface area contributed by atoms with Gasteiger partial charge < -0.3 is 9.88 Å². The van der Waals surface area contributed by atoms with Crippen LogP contribution in [0.5, 0.6) is 0 Å². The molecule has 1 atom stereocenters. The highest BCUT2D eigenvalue weighted by Gasteiger charge is 2.47. The maximum atomic E-state index is 13.0. The van der Waals surface area contributed by atoms with E-state index < -0.39 is 5.54 Å². The van der Waals surface area contributed by atoms with Gasteiger partial charge in [-0.1, -0.05) is 28.7 Å². The van der Waals surface area contributed by atoms with E-state index in [1.165, 1.54) is 0 Å². The van der Waals surface area contributed by atoms with E-state index in [9.17, 15) is 4.79 Å². The molecule has 23 heavy (non-hydrogen) atoms. The molecule has 0 saturated heterocycles. The van der Waals surface area contributed by atoms with Crippen molar-refractivity contribution in [2.24, 2.45) is 0 Å². The monoisotopic (exact) mass is 420 g/mol. The number of alkyl halides is 1. The van der Waals surface area contributed by atoms with Gasteiger partial charge in [0.15, 0.2) is 0 Å². The minimum atomic E-state index is -0.768. The van der Waals surface area contributed by atoms with Crippen LogP contribution in [0.3, 0.4) is 0 Å². The number of aromatic nitrogens is 2. The fraction of sp³-hybridized carbons (Fsp3) is 0.353. The molecule has 1 aromatic carbocycles. The average Bonchev–Trinajstić information content (AvgIpc) is 3.17. The van der Waals surface area contributed by atoms with E-state index in [1.54, 1.807) is 12.4 Å². The van der Waals surface area contributed by atoms with E-state index in [-0.39, 0.29) is 5.91 Å². The first-order valence-electron chi connectivity index (χ1n) is 7.56. The molecule has 1 aliphatic rings. The molecule has 1 aliphatic heterocycles. The maximum Gasteiger partial charge on any atom is 0.250 e. The van der Waals surface area contributed by atoms with E-state index in [1.807, 2.05) is 29.8 Å². The number of benzene rings is 1. The molecule has 6 heteroatoms. The highest BCUT2D eigenvalue weighted by molar-refractivity contribution is 14.1. The van der Waals surface area contributed by atoms with Crippen LogP contribution in [-0.4, -0.2) is 22.0 Å². The van der Waals surface area contributed by atoms with Crippen LogP contribution < -0.4 is 5.32 Å². The van der Waals surface area contributed by atoms with Gasteiger partial charge in [0.05, 0.1) is 18.0 Å². The Labute approximate surface area is 148 Å². The zero-order valence-electron chi connectivity index (χ0n) is 12.8. The molecule has 0 aliphatic carbocycles. The number of amides is 1. The highest BCUT2D eigenvalue weighted by atomic mass is 127. The standard InChI is InChI=1S/C17H17IN4O/c1-2-21-16(23)17(6-5-14-10-20-11-22(14)17)15-4-3-12(9-19)7-13(15)8-18/h3-4,7,10-11H,2,5-6,8H2,1H3,(H,21,23). The lowest BCUT2D eigenvalue weighted by Gasteiger charge is -2.32. The molecule has 0 saturated carbocycles. The van der Waals surface area contributed by atoms with Crippen molar-refractivity contribution in [3.05, 3.63) is 53.1 Å². The first-order chi connectivity index (χ1) is 11.2. The fourth-order valence-electron chi connectivity index (χ4n) is 3.37. The van der Waals surface area contributed by atoms with E-state index in [4.69, 9.17) is 5.26 Å². The largest absolute Gasteiger partial charge is 0.354 e. The summed E-state index contributed by atoms with van der Waals surface area (Å²) in [6, 6.07) is 7.78.